The van der Waals surface area contributed by atoms with E-state index in [-0.39, 0.29) is 5.97 Å². The molecule has 0 N–H and O–H groups in total. The maximum Gasteiger partial charge on any atom is 0.450 e. The highest BCUT2D eigenvalue weighted by atomic mass is 19.3. The SMILES string of the molecule is CCC(=O)OC.COC(=O)C(OF)(OF)C(OF)(OF)OF. The van der Waals surface area contributed by atoms with Gasteiger partial charge in [0.05, 0.1) is 14.2 Å². The van der Waals surface area contributed by atoms with Crippen LogP contribution in [0.5, 0.6) is 0 Å². The summed E-state index contributed by atoms with van der Waals surface area (Å²) in [5.74, 6) is -11.5. The number of ether oxygens (including phenoxy) is 2. The molecule has 0 aromatic carbocycles. The standard InChI is InChI=1S/C4H3F5O7.C4H8O2/c1-11-2(10)3(12-5,13-6)4(14-7,15-8)16-9;1-3-4(5)6-2/h1H3;3H2,1-2H3. The van der Waals surface area contributed by atoms with Crippen LogP contribution in [0.4, 0.5) is 22.6 Å². The molecule has 0 fully saturated rings. The Bertz CT molecular complexity index is 320. The Kier molecular flexibility index (Phi) is 11.4. The zero-order valence-corrected chi connectivity index (χ0v) is 11.3. The Morgan fingerprint density at radius 3 is 1.36 bits per heavy atom. The monoisotopic (exact) mass is 346 g/mol. The van der Waals surface area contributed by atoms with Crippen LogP contribution in [0.15, 0.2) is 0 Å². The molecule has 0 aromatic rings. The molecule has 0 saturated carbocycles. The molecule has 0 unspecified atom stereocenters. The average molecular weight is 346 g/mol. The molecule has 0 heterocycles. The third-order valence-electron chi connectivity index (χ3n) is 1.90. The summed E-state index contributed by atoms with van der Waals surface area (Å²) in [6.45, 7) is 1.76. The summed E-state index contributed by atoms with van der Waals surface area (Å²) < 4.78 is 66.9. The summed E-state index contributed by atoms with van der Waals surface area (Å²) in [5.41, 5.74) is 0. The van der Waals surface area contributed by atoms with Crippen molar-refractivity contribution in [1.82, 2.24) is 0 Å². The fourth-order valence-corrected chi connectivity index (χ4v) is 0.761. The van der Waals surface area contributed by atoms with E-state index in [4.69, 9.17) is 0 Å². The van der Waals surface area contributed by atoms with Crippen LogP contribution in [0.3, 0.4) is 0 Å². The van der Waals surface area contributed by atoms with Gasteiger partial charge in [-0.15, -0.1) is 24.7 Å². The minimum absolute atomic E-state index is 0.157. The van der Waals surface area contributed by atoms with Crippen LogP contribution >= 0.6 is 0 Å². The number of halogens is 5. The number of carbonyl (C=O) groups is 2. The second kappa shape index (κ2) is 11.0. The Balaban J connectivity index is 0. The second-order valence-corrected chi connectivity index (χ2v) is 2.98. The van der Waals surface area contributed by atoms with E-state index in [0.29, 0.717) is 13.5 Å². The van der Waals surface area contributed by atoms with Gasteiger partial charge in [-0.2, -0.15) is 0 Å². The zero-order valence-electron chi connectivity index (χ0n) is 11.3. The van der Waals surface area contributed by atoms with Crippen LogP contribution in [0, 0.1) is 0 Å². The molecule has 14 heteroatoms. The number of methoxy groups -OCH3 is 2. The maximum absolute atomic E-state index is 11.9. The normalized spacial score (nSPS) is 11.3. The molecule has 0 atom stereocenters. The molecule has 0 aliphatic carbocycles. The molecule has 0 rings (SSSR count). The van der Waals surface area contributed by atoms with Crippen molar-refractivity contribution in [3.63, 3.8) is 0 Å². The van der Waals surface area contributed by atoms with Gasteiger partial charge in [0.1, 0.15) is 0 Å². The van der Waals surface area contributed by atoms with E-state index < -0.39 is 17.7 Å². The quantitative estimate of drug-likeness (QED) is 0.368. The first-order valence-corrected chi connectivity index (χ1v) is 4.99. The van der Waals surface area contributed by atoms with Gasteiger partial charge < -0.3 is 9.47 Å². The van der Waals surface area contributed by atoms with Crippen molar-refractivity contribution in [2.75, 3.05) is 14.2 Å². The van der Waals surface area contributed by atoms with Gasteiger partial charge in [-0.1, -0.05) is 6.92 Å². The molecule has 0 spiro atoms. The fraction of sp³-hybridized carbons (Fsp3) is 0.750. The largest absolute Gasteiger partial charge is 0.469 e. The van der Waals surface area contributed by atoms with Crippen LogP contribution in [0.25, 0.3) is 0 Å². The van der Waals surface area contributed by atoms with Gasteiger partial charge in [0, 0.05) is 6.42 Å². The second-order valence-electron chi connectivity index (χ2n) is 2.98. The first kappa shape index (κ1) is 22.7. The maximum atomic E-state index is 11.9. The number of carbonyl (C=O) groups excluding carboxylic acids is 2. The van der Waals surface area contributed by atoms with Crippen molar-refractivity contribution >= 4 is 11.9 Å². The topological polar surface area (TPSA) is 98.8 Å². The number of rotatable bonds is 8. The molecular formula is C8H11F5O9. The molecule has 22 heavy (non-hydrogen) atoms. The lowest BCUT2D eigenvalue weighted by Crippen LogP contribution is -2.63. The molecule has 132 valence electrons. The van der Waals surface area contributed by atoms with Gasteiger partial charge in [-0.05, 0) is 22.6 Å². The van der Waals surface area contributed by atoms with Gasteiger partial charge in [-0.3, -0.25) is 4.79 Å². The minimum Gasteiger partial charge on any atom is -0.469 e. The minimum atomic E-state index is -4.61. The Labute approximate surface area is 119 Å². The number of esters is 2. The number of hydrogen-bond acceptors (Lipinski definition) is 9. The van der Waals surface area contributed by atoms with Crippen molar-refractivity contribution in [3.8, 4) is 0 Å². The molecule has 0 amide bonds. The lowest BCUT2D eigenvalue weighted by Gasteiger charge is -2.30. The summed E-state index contributed by atoms with van der Waals surface area (Å²) >= 11 is 0. The molecule has 0 aliphatic rings. The lowest BCUT2D eigenvalue weighted by atomic mass is 10.2. The summed E-state index contributed by atoms with van der Waals surface area (Å²) in [6.07, 6.45) is 0.469. The highest BCUT2D eigenvalue weighted by Gasteiger charge is 2.73. The van der Waals surface area contributed by atoms with E-state index in [1.807, 2.05) is 0 Å². The van der Waals surface area contributed by atoms with Gasteiger partial charge in [0.15, 0.2) is 0 Å². The van der Waals surface area contributed by atoms with E-state index >= 15 is 0 Å². The Morgan fingerprint density at radius 1 is 0.818 bits per heavy atom. The number of hydrogen-bond donors (Lipinski definition) is 0. The van der Waals surface area contributed by atoms with E-state index in [9.17, 15) is 32.2 Å². The van der Waals surface area contributed by atoms with Crippen LogP contribution in [-0.2, 0) is 43.8 Å². The predicted octanol–water partition coefficient (Wildman–Crippen LogP) is 1.58. The van der Waals surface area contributed by atoms with Crippen molar-refractivity contribution in [1.29, 1.82) is 0 Å². The van der Waals surface area contributed by atoms with Crippen LogP contribution in [0.2, 0.25) is 0 Å². The molecule has 0 aliphatic heterocycles. The first-order valence-electron chi connectivity index (χ1n) is 4.99. The molecule has 0 bridgehead atoms. The van der Waals surface area contributed by atoms with Gasteiger partial charge in [0.2, 0.25) is 0 Å². The lowest BCUT2D eigenvalue weighted by molar-refractivity contribution is -0.630. The Morgan fingerprint density at radius 2 is 1.23 bits per heavy atom. The van der Waals surface area contributed by atoms with E-state index in [2.05, 4.69) is 34.2 Å². The molecule has 0 aromatic heterocycles. The van der Waals surface area contributed by atoms with Gasteiger partial charge in [-0.25, -0.2) is 4.79 Å². The highest BCUT2D eigenvalue weighted by Crippen LogP contribution is 2.37. The van der Waals surface area contributed by atoms with Crippen molar-refractivity contribution < 1.29 is 66.4 Å². The average Bonchev–Trinajstić information content (AvgIpc) is 2.59. The van der Waals surface area contributed by atoms with E-state index in [0.717, 1.165) is 0 Å². The molecule has 9 nitrogen and oxygen atoms in total. The summed E-state index contributed by atoms with van der Waals surface area (Å²) in [5, 5.41) is 0. The van der Waals surface area contributed by atoms with Crippen LogP contribution in [0.1, 0.15) is 13.3 Å². The third-order valence-corrected chi connectivity index (χ3v) is 1.90. The smallest absolute Gasteiger partial charge is 0.450 e. The summed E-state index contributed by atoms with van der Waals surface area (Å²) in [7, 11) is 1.86. The summed E-state index contributed by atoms with van der Waals surface area (Å²) in [6, 6.07) is 0. The fourth-order valence-electron chi connectivity index (χ4n) is 0.761. The molecular weight excluding hydrogens is 335 g/mol. The van der Waals surface area contributed by atoms with Gasteiger partial charge >= 0.3 is 23.7 Å². The third kappa shape index (κ3) is 4.70. The molecule has 0 saturated heterocycles. The van der Waals surface area contributed by atoms with Crippen LogP contribution < -0.4 is 0 Å². The van der Waals surface area contributed by atoms with Gasteiger partial charge in [0.25, 0.3) is 0 Å². The van der Waals surface area contributed by atoms with E-state index in [1.165, 1.54) is 7.11 Å². The zero-order chi connectivity index (χ0) is 17.8. The van der Waals surface area contributed by atoms with Crippen molar-refractivity contribution in [3.05, 3.63) is 0 Å². The van der Waals surface area contributed by atoms with Crippen molar-refractivity contribution in [2.24, 2.45) is 0 Å². The molecule has 0 radical (unpaired) electrons. The Hall–Kier alpha value is -1.61. The predicted molar refractivity (Wildman–Crippen MR) is 50.8 cm³/mol. The first-order chi connectivity index (χ1) is 10.3. The highest BCUT2D eigenvalue weighted by molar-refractivity contribution is 5.78. The summed E-state index contributed by atoms with van der Waals surface area (Å²) in [4.78, 5) is 32.4. The van der Waals surface area contributed by atoms with E-state index in [1.54, 1.807) is 6.92 Å². The van der Waals surface area contributed by atoms with Crippen molar-refractivity contribution in [2.45, 2.75) is 25.1 Å². The van der Waals surface area contributed by atoms with Crippen LogP contribution in [-0.4, -0.2) is 37.9 Å².